The van der Waals surface area contributed by atoms with Crippen molar-refractivity contribution in [3.63, 3.8) is 0 Å². The highest BCUT2D eigenvalue weighted by Gasteiger charge is 2.20. The third-order valence-electron chi connectivity index (χ3n) is 4.85. The van der Waals surface area contributed by atoms with E-state index in [1.807, 2.05) is 32.0 Å². The van der Waals surface area contributed by atoms with Gasteiger partial charge in [-0.05, 0) is 49.3 Å². The number of methoxy groups -OCH3 is 1. The number of nitrogens with two attached hydrogens (primary N) is 1. The highest BCUT2D eigenvalue weighted by Crippen LogP contribution is 2.32. The number of halogens is 1. The molecule has 1 aromatic carbocycles. The molecule has 1 fully saturated rings. The first-order valence-electron chi connectivity index (χ1n) is 8.92. The molecule has 0 bridgehead atoms. The summed E-state index contributed by atoms with van der Waals surface area (Å²) in [5.74, 6) is 1.54. The summed E-state index contributed by atoms with van der Waals surface area (Å²) in [7, 11) is 1.64. The average molecular weight is 371 g/mol. The first-order chi connectivity index (χ1) is 11.5. The summed E-state index contributed by atoms with van der Waals surface area (Å²) in [5, 5.41) is 2.91. The lowest BCUT2D eigenvalue weighted by Gasteiger charge is -2.19. The number of benzene rings is 1. The molecule has 1 amide bonds. The molecule has 1 saturated carbocycles. The van der Waals surface area contributed by atoms with Gasteiger partial charge in [-0.25, -0.2) is 0 Å². The van der Waals surface area contributed by atoms with Crippen molar-refractivity contribution < 1.29 is 14.3 Å². The van der Waals surface area contributed by atoms with Gasteiger partial charge in [-0.15, -0.1) is 12.4 Å². The van der Waals surface area contributed by atoms with Crippen LogP contribution in [0.2, 0.25) is 0 Å². The molecule has 1 aliphatic carbocycles. The standard InChI is InChI=1S/C19H30N2O3.ClH/c1-4-13(2)18(20)19(22)21-12-14-9-10-16(23-3)17(11-14)24-15-7-5-6-8-15;/h9-11,13,15,18H,4-8,12,20H2,1-3H3,(H,21,22);1H. The van der Waals surface area contributed by atoms with Crippen molar-refractivity contribution in [2.75, 3.05) is 7.11 Å². The van der Waals surface area contributed by atoms with E-state index in [2.05, 4.69) is 5.32 Å². The maximum atomic E-state index is 12.1. The van der Waals surface area contributed by atoms with Gasteiger partial charge < -0.3 is 20.5 Å². The van der Waals surface area contributed by atoms with E-state index < -0.39 is 6.04 Å². The van der Waals surface area contributed by atoms with Crippen molar-refractivity contribution in [3.8, 4) is 11.5 Å². The lowest BCUT2D eigenvalue weighted by atomic mass is 9.99. The van der Waals surface area contributed by atoms with Gasteiger partial charge in [0.1, 0.15) is 0 Å². The zero-order valence-corrected chi connectivity index (χ0v) is 16.2. The lowest BCUT2D eigenvalue weighted by molar-refractivity contribution is -0.123. The molecule has 2 rings (SSSR count). The molecule has 2 atom stereocenters. The Bertz CT molecular complexity index is 547. The molecule has 0 saturated heterocycles. The van der Waals surface area contributed by atoms with Crippen LogP contribution in [0.5, 0.6) is 11.5 Å². The monoisotopic (exact) mass is 370 g/mol. The Balaban J connectivity index is 0.00000312. The SMILES string of the molecule is CCC(C)C(N)C(=O)NCc1ccc(OC)c(OC2CCCC2)c1.Cl. The molecule has 2 unspecified atom stereocenters. The smallest absolute Gasteiger partial charge is 0.237 e. The molecule has 1 aliphatic rings. The highest BCUT2D eigenvalue weighted by molar-refractivity contribution is 5.85. The van der Waals surface area contributed by atoms with Crippen molar-refractivity contribution in [1.82, 2.24) is 5.32 Å². The molecule has 0 heterocycles. The van der Waals surface area contributed by atoms with Gasteiger partial charge in [0.2, 0.25) is 5.91 Å². The minimum absolute atomic E-state index is 0. The molecule has 3 N–H and O–H groups in total. The van der Waals surface area contributed by atoms with Gasteiger partial charge in [0, 0.05) is 6.54 Å². The predicted molar refractivity (Wildman–Crippen MR) is 102 cm³/mol. The molecule has 5 nitrogen and oxygen atoms in total. The van der Waals surface area contributed by atoms with E-state index in [9.17, 15) is 4.79 Å². The highest BCUT2D eigenvalue weighted by atomic mass is 35.5. The Morgan fingerprint density at radius 2 is 2.00 bits per heavy atom. The number of nitrogens with one attached hydrogen (secondary N) is 1. The van der Waals surface area contributed by atoms with Crippen molar-refractivity contribution in [2.45, 2.75) is 64.6 Å². The average Bonchev–Trinajstić information content (AvgIpc) is 3.11. The van der Waals surface area contributed by atoms with Crippen LogP contribution in [0.15, 0.2) is 18.2 Å². The Hall–Kier alpha value is -1.46. The summed E-state index contributed by atoms with van der Waals surface area (Å²) < 4.78 is 11.5. The van der Waals surface area contributed by atoms with Crippen molar-refractivity contribution >= 4 is 18.3 Å². The van der Waals surface area contributed by atoms with E-state index in [1.54, 1.807) is 7.11 Å². The summed E-state index contributed by atoms with van der Waals surface area (Å²) in [6.45, 7) is 4.47. The van der Waals surface area contributed by atoms with Crippen LogP contribution in [0.25, 0.3) is 0 Å². The van der Waals surface area contributed by atoms with Gasteiger partial charge in [-0.2, -0.15) is 0 Å². The predicted octanol–water partition coefficient (Wildman–Crippen LogP) is 3.43. The van der Waals surface area contributed by atoms with Gasteiger partial charge in [0.25, 0.3) is 0 Å². The second-order valence-corrected chi connectivity index (χ2v) is 6.64. The third kappa shape index (κ3) is 6.08. The van der Waals surface area contributed by atoms with Gasteiger partial charge in [0.05, 0.1) is 19.3 Å². The zero-order valence-electron chi connectivity index (χ0n) is 15.4. The molecule has 6 heteroatoms. The van der Waals surface area contributed by atoms with E-state index in [4.69, 9.17) is 15.2 Å². The summed E-state index contributed by atoms with van der Waals surface area (Å²) >= 11 is 0. The van der Waals surface area contributed by atoms with E-state index in [-0.39, 0.29) is 30.3 Å². The quantitative estimate of drug-likeness (QED) is 0.735. The Kier molecular flexibility index (Phi) is 9.08. The Morgan fingerprint density at radius 1 is 1.32 bits per heavy atom. The molecule has 0 aromatic heterocycles. The topological polar surface area (TPSA) is 73.6 Å². The number of amides is 1. The molecule has 25 heavy (non-hydrogen) atoms. The minimum Gasteiger partial charge on any atom is -0.493 e. The van der Waals surface area contributed by atoms with E-state index in [0.29, 0.717) is 6.54 Å². The van der Waals surface area contributed by atoms with Crippen LogP contribution in [-0.2, 0) is 11.3 Å². The molecular weight excluding hydrogens is 340 g/mol. The van der Waals surface area contributed by atoms with Gasteiger partial charge >= 0.3 is 0 Å². The van der Waals surface area contributed by atoms with Crippen LogP contribution in [0.4, 0.5) is 0 Å². The molecule has 0 aliphatic heterocycles. The molecule has 142 valence electrons. The lowest BCUT2D eigenvalue weighted by Crippen LogP contribution is -2.44. The zero-order chi connectivity index (χ0) is 17.5. The number of carbonyl (C=O) groups is 1. The summed E-state index contributed by atoms with van der Waals surface area (Å²) in [4.78, 5) is 12.1. The number of rotatable bonds is 8. The molecule has 0 radical (unpaired) electrons. The van der Waals surface area contributed by atoms with Crippen LogP contribution in [-0.4, -0.2) is 25.2 Å². The van der Waals surface area contributed by atoms with Crippen molar-refractivity contribution in [3.05, 3.63) is 23.8 Å². The van der Waals surface area contributed by atoms with Crippen LogP contribution in [0.3, 0.4) is 0 Å². The second-order valence-electron chi connectivity index (χ2n) is 6.64. The second kappa shape index (κ2) is 10.5. The number of ether oxygens (including phenoxy) is 2. The molecule has 1 aromatic rings. The molecule has 0 spiro atoms. The molecular formula is C19H31ClN2O3. The fraction of sp³-hybridized carbons (Fsp3) is 0.632. The number of hydrogen-bond acceptors (Lipinski definition) is 4. The normalized spacial score (nSPS) is 16.6. The van der Waals surface area contributed by atoms with Crippen LogP contribution in [0.1, 0.15) is 51.5 Å². The van der Waals surface area contributed by atoms with E-state index in [0.717, 1.165) is 36.3 Å². The first kappa shape index (κ1) is 21.6. The van der Waals surface area contributed by atoms with Crippen molar-refractivity contribution in [2.24, 2.45) is 11.7 Å². The van der Waals surface area contributed by atoms with Crippen LogP contribution >= 0.6 is 12.4 Å². The van der Waals surface area contributed by atoms with E-state index in [1.165, 1.54) is 12.8 Å². The van der Waals surface area contributed by atoms with Gasteiger partial charge in [-0.1, -0.05) is 26.3 Å². The summed E-state index contributed by atoms with van der Waals surface area (Å²) in [6.07, 6.45) is 5.77. The number of hydrogen-bond donors (Lipinski definition) is 2. The first-order valence-corrected chi connectivity index (χ1v) is 8.92. The fourth-order valence-electron chi connectivity index (χ4n) is 2.93. The van der Waals surface area contributed by atoms with Crippen LogP contribution < -0.4 is 20.5 Å². The van der Waals surface area contributed by atoms with Crippen LogP contribution in [0, 0.1) is 5.92 Å². The minimum atomic E-state index is -0.470. The largest absolute Gasteiger partial charge is 0.493 e. The van der Waals surface area contributed by atoms with E-state index >= 15 is 0 Å². The van der Waals surface area contributed by atoms with Gasteiger partial charge in [0.15, 0.2) is 11.5 Å². The van der Waals surface area contributed by atoms with Gasteiger partial charge in [-0.3, -0.25) is 4.79 Å². The maximum Gasteiger partial charge on any atom is 0.237 e. The maximum absolute atomic E-state index is 12.1. The van der Waals surface area contributed by atoms with Crippen molar-refractivity contribution in [1.29, 1.82) is 0 Å². The summed E-state index contributed by atoms with van der Waals surface area (Å²) in [6, 6.07) is 5.31. The number of carbonyl (C=O) groups excluding carboxylic acids is 1. The summed E-state index contributed by atoms with van der Waals surface area (Å²) in [5.41, 5.74) is 6.94. The Morgan fingerprint density at radius 3 is 2.60 bits per heavy atom. The third-order valence-corrected chi connectivity index (χ3v) is 4.85. The fourth-order valence-corrected chi connectivity index (χ4v) is 2.93. The Labute approximate surface area is 157 Å².